The normalized spacial score (nSPS) is 16.6. The van der Waals surface area contributed by atoms with E-state index in [0.717, 1.165) is 46.3 Å². The number of benzene rings is 2. The fourth-order valence-electron chi connectivity index (χ4n) is 3.41. The first-order chi connectivity index (χ1) is 13.4. The summed E-state index contributed by atoms with van der Waals surface area (Å²) in [5, 5.41) is 0.497. The van der Waals surface area contributed by atoms with Crippen LogP contribution >= 0.6 is 11.3 Å². The van der Waals surface area contributed by atoms with Gasteiger partial charge in [0.05, 0.1) is 28.4 Å². The Morgan fingerprint density at radius 2 is 2.04 bits per heavy atom. The molecule has 1 aliphatic rings. The van der Waals surface area contributed by atoms with Gasteiger partial charge in [-0.2, -0.15) is 0 Å². The van der Waals surface area contributed by atoms with Gasteiger partial charge in [-0.15, -0.1) is 0 Å². The zero-order valence-corrected chi connectivity index (χ0v) is 16.5. The van der Waals surface area contributed by atoms with Gasteiger partial charge < -0.3 is 4.74 Å². The summed E-state index contributed by atoms with van der Waals surface area (Å²) in [5.41, 5.74) is 2.75. The lowest BCUT2D eigenvalue weighted by atomic mass is 10.1. The van der Waals surface area contributed by atoms with Crippen LogP contribution in [-0.2, 0) is 4.74 Å². The molecule has 2 aromatic carbocycles. The van der Waals surface area contributed by atoms with Crippen molar-refractivity contribution in [2.75, 3.05) is 18.1 Å². The van der Waals surface area contributed by atoms with Crippen LogP contribution in [0.25, 0.3) is 10.2 Å². The van der Waals surface area contributed by atoms with Crippen molar-refractivity contribution in [3.05, 3.63) is 58.7 Å². The topological polar surface area (TPSA) is 42.4 Å². The lowest BCUT2D eigenvalue weighted by Crippen LogP contribution is -2.38. The van der Waals surface area contributed by atoms with Gasteiger partial charge in [0, 0.05) is 12.7 Å². The highest BCUT2D eigenvalue weighted by Gasteiger charge is 2.29. The molecule has 0 radical (unpaired) electrons. The van der Waals surface area contributed by atoms with Crippen molar-refractivity contribution in [2.24, 2.45) is 0 Å². The Morgan fingerprint density at radius 1 is 1.25 bits per heavy atom. The third kappa shape index (κ3) is 3.52. The summed E-state index contributed by atoms with van der Waals surface area (Å²) in [6.07, 6.45) is 1.63. The minimum Gasteiger partial charge on any atom is -0.376 e. The molecule has 1 aromatic heterocycles. The van der Waals surface area contributed by atoms with E-state index in [9.17, 15) is 13.6 Å². The van der Waals surface area contributed by atoms with E-state index in [2.05, 4.69) is 4.98 Å². The molecule has 1 atom stereocenters. The molecule has 0 saturated carbocycles. The van der Waals surface area contributed by atoms with Crippen LogP contribution in [0.4, 0.5) is 13.9 Å². The summed E-state index contributed by atoms with van der Waals surface area (Å²) in [4.78, 5) is 19.3. The fourth-order valence-corrected chi connectivity index (χ4v) is 4.53. The van der Waals surface area contributed by atoms with Crippen molar-refractivity contribution < 1.29 is 18.3 Å². The van der Waals surface area contributed by atoms with Gasteiger partial charge in [-0.25, -0.2) is 13.8 Å². The van der Waals surface area contributed by atoms with Crippen LogP contribution in [0.2, 0.25) is 0 Å². The number of rotatable bonds is 4. The molecule has 7 heteroatoms. The van der Waals surface area contributed by atoms with E-state index in [-0.39, 0.29) is 18.2 Å². The molecule has 1 unspecified atom stereocenters. The van der Waals surface area contributed by atoms with Gasteiger partial charge in [-0.1, -0.05) is 23.5 Å². The molecule has 1 fully saturated rings. The molecule has 4 rings (SSSR count). The maximum absolute atomic E-state index is 14.3. The van der Waals surface area contributed by atoms with Crippen molar-refractivity contribution in [3.8, 4) is 0 Å². The highest BCUT2D eigenvalue weighted by Crippen LogP contribution is 2.34. The second kappa shape index (κ2) is 7.56. The maximum atomic E-state index is 14.3. The number of carbonyl (C=O) groups excluding carboxylic acids is 1. The summed E-state index contributed by atoms with van der Waals surface area (Å²) in [6.45, 7) is 4.90. The van der Waals surface area contributed by atoms with E-state index in [1.165, 1.54) is 22.3 Å². The Hall–Kier alpha value is -2.38. The van der Waals surface area contributed by atoms with Crippen LogP contribution in [0.15, 0.2) is 30.3 Å². The largest absolute Gasteiger partial charge is 0.376 e. The number of hydrogen-bond acceptors (Lipinski definition) is 4. The van der Waals surface area contributed by atoms with E-state index in [1.54, 1.807) is 0 Å². The van der Waals surface area contributed by atoms with E-state index in [0.29, 0.717) is 11.7 Å². The molecule has 0 bridgehead atoms. The maximum Gasteiger partial charge on any atom is 0.263 e. The van der Waals surface area contributed by atoms with Crippen molar-refractivity contribution in [1.29, 1.82) is 0 Å². The monoisotopic (exact) mass is 402 g/mol. The number of hydrogen-bond donors (Lipinski definition) is 0. The Kier molecular flexibility index (Phi) is 5.12. The third-order valence-electron chi connectivity index (χ3n) is 4.98. The van der Waals surface area contributed by atoms with Crippen molar-refractivity contribution in [1.82, 2.24) is 4.98 Å². The Bertz CT molecular complexity index is 1010. The summed E-state index contributed by atoms with van der Waals surface area (Å²) in [5.74, 6) is -2.14. The predicted molar refractivity (Wildman–Crippen MR) is 106 cm³/mol. The Morgan fingerprint density at radius 3 is 2.71 bits per heavy atom. The van der Waals surface area contributed by atoms with Crippen LogP contribution in [0.5, 0.6) is 0 Å². The first kappa shape index (κ1) is 19.0. The highest BCUT2D eigenvalue weighted by molar-refractivity contribution is 7.22. The zero-order chi connectivity index (χ0) is 19.8. The summed E-state index contributed by atoms with van der Waals surface area (Å²) >= 11 is 1.40. The zero-order valence-electron chi connectivity index (χ0n) is 15.7. The molecule has 0 aliphatic carbocycles. The van der Waals surface area contributed by atoms with Crippen molar-refractivity contribution in [3.63, 3.8) is 0 Å². The minimum absolute atomic E-state index is 0.123. The summed E-state index contributed by atoms with van der Waals surface area (Å²) in [7, 11) is 0. The number of aryl methyl sites for hydroxylation is 2. The Labute approximate surface area is 165 Å². The number of halogens is 2. The van der Waals surface area contributed by atoms with Crippen LogP contribution < -0.4 is 4.90 Å². The second-order valence-electron chi connectivity index (χ2n) is 7.05. The summed E-state index contributed by atoms with van der Waals surface area (Å²) in [6, 6.07) is 7.01. The number of nitrogens with zero attached hydrogens (tertiary/aromatic N) is 2. The van der Waals surface area contributed by atoms with Crippen LogP contribution in [0.1, 0.15) is 34.3 Å². The molecule has 3 aromatic rings. The lowest BCUT2D eigenvalue weighted by molar-refractivity contribution is 0.0914. The first-order valence-electron chi connectivity index (χ1n) is 9.19. The average molecular weight is 402 g/mol. The number of anilines is 1. The SMILES string of the molecule is Cc1ccc(C)c2sc(N(CC3CCCO3)C(=O)c3ccc(F)cc3F)nc12. The molecule has 1 aliphatic heterocycles. The van der Waals surface area contributed by atoms with E-state index in [1.807, 2.05) is 26.0 Å². The molecular weight excluding hydrogens is 382 g/mol. The van der Waals surface area contributed by atoms with Crippen LogP contribution in [0, 0.1) is 25.5 Å². The van der Waals surface area contributed by atoms with E-state index < -0.39 is 17.5 Å². The predicted octanol–water partition coefficient (Wildman–Crippen LogP) is 5.02. The number of amides is 1. The van der Waals surface area contributed by atoms with E-state index in [4.69, 9.17) is 4.74 Å². The number of carbonyl (C=O) groups is 1. The molecular formula is C21H20F2N2O2S. The number of ether oxygens (including phenoxy) is 1. The quantitative estimate of drug-likeness (QED) is 0.616. The number of thiazole rings is 1. The smallest absolute Gasteiger partial charge is 0.263 e. The molecule has 4 nitrogen and oxygen atoms in total. The van der Waals surface area contributed by atoms with Gasteiger partial charge >= 0.3 is 0 Å². The second-order valence-corrected chi connectivity index (χ2v) is 8.03. The van der Waals surface area contributed by atoms with Gasteiger partial charge in [-0.05, 0) is 49.9 Å². The number of fused-ring (bicyclic) bond motifs is 1. The van der Waals surface area contributed by atoms with Gasteiger partial charge in [0.2, 0.25) is 0 Å². The highest BCUT2D eigenvalue weighted by atomic mass is 32.1. The molecule has 1 saturated heterocycles. The Balaban J connectivity index is 1.78. The molecule has 0 N–H and O–H groups in total. The van der Waals surface area contributed by atoms with Gasteiger partial charge in [0.1, 0.15) is 11.6 Å². The third-order valence-corrected chi connectivity index (χ3v) is 6.19. The molecule has 146 valence electrons. The first-order valence-corrected chi connectivity index (χ1v) is 10.0. The van der Waals surface area contributed by atoms with Crippen LogP contribution in [0.3, 0.4) is 0 Å². The number of aromatic nitrogens is 1. The van der Waals surface area contributed by atoms with Crippen molar-refractivity contribution in [2.45, 2.75) is 32.8 Å². The van der Waals surface area contributed by atoms with Crippen LogP contribution in [-0.4, -0.2) is 30.1 Å². The lowest BCUT2D eigenvalue weighted by Gasteiger charge is -2.23. The molecule has 2 heterocycles. The van der Waals surface area contributed by atoms with Gasteiger partial charge in [-0.3, -0.25) is 9.69 Å². The minimum atomic E-state index is -0.879. The fraction of sp³-hybridized carbons (Fsp3) is 0.333. The molecule has 28 heavy (non-hydrogen) atoms. The molecule has 0 spiro atoms. The molecule has 1 amide bonds. The average Bonchev–Trinajstić information content (AvgIpc) is 3.32. The summed E-state index contributed by atoms with van der Waals surface area (Å²) < 4.78 is 34.3. The van der Waals surface area contributed by atoms with Gasteiger partial charge in [0.25, 0.3) is 5.91 Å². The standard InChI is InChI=1S/C21H20F2N2O2S/c1-12-5-6-13(2)19-18(12)24-21(28-19)25(11-15-4-3-9-27-15)20(26)16-8-7-14(22)10-17(16)23/h5-8,10,15H,3-4,9,11H2,1-2H3. The van der Waals surface area contributed by atoms with Gasteiger partial charge in [0.15, 0.2) is 5.13 Å². The van der Waals surface area contributed by atoms with Crippen molar-refractivity contribution >= 4 is 32.6 Å². The van der Waals surface area contributed by atoms with E-state index >= 15 is 0 Å².